The zero-order valence-corrected chi connectivity index (χ0v) is 9.46. The Labute approximate surface area is 82.3 Å². The van der Waals surface area contributed by atoms with Crippen molar-refractivity contribution in [3.63, 3.8) is 0 Å². The molecule has 1 heteroatoms. The van der Waals surface area contributed by atoms with Crippen LogP contribution in [0.3, 0.4) is 0 Å². The molecule has 0 aromatic rings. The van der Waals surface area contributed by atoms with Crippen molar-refractivity contribution in [3.05, 3.63) is 23.3 Å². The lowest BCUT2D eigenvalue weighted by atomic mass is 10.0. The minimum atomic E-state index is 0.546. The molecule has 1 unspecified atom stereocenters. The molecule has 0 rings (SSSR count). The predicted octanol–water partition coefficient (Wildman–Crippen LogP) is 3.63. The summed E-state index contributed by atoms with van der Waals surface area (Å²) in [6, 6.07) is 0. The third-order valence-corrected chi connectivity index (χ3v) is 2.25. The van der Waals surface area contributed by atoms with Crippen LogP contribution in [0.2, 0.25) is 0 Å². The fourth-order valence-corrected chi connectivity index (χ4v) is 1.07. The molecule has 0 spiro atoms. The van der Waals surface area contributed by atoms with Crippen molar-refractivity contribution < 1.29 is 0 Å². The molecule has 1 atom stereocenters. The van der Waals surface area contributed by atoms with Gasteiger partial charge < -0.3 is 4.99 Å². The summed E-state index contributed by atoms with van der Waals surface area (Å²) in [4.78, 5) is 4.01. The Morgan fingerprint density at radius 1 is 1.31 bits per heavy atom. The molecule has 0 amide bonds. The number of aliphatic imine (C=N–C) groups is 1. The minimum Gasteiger partial charge on any atom is -0.301 e. The Balaban J connectivity index is 4.11. The molecule has 0 aromatic carbocycles. The van der Waals surface area contributed by atoms with Gasteiger partial charge in [-0.3, -0.25) is 0 Å². The largest absolute Gasteiger partial charge is 0.301 e. The van der Waals surface area contributed by atoms with Crippen molar-refractivity contribution in [2.75, 3.05) is 7.05 Å². The molecule has 0 saturated carbocycles. The molecule has 74 valence electrons. The highest BCUT2D eigenvalue weighted by molar-refractivity contribution is 5.60. The summed E-state index contributed by atoms with van der Waals surface area (Å²) in [6.45, 7) is 8.56. The van der Waals surface area contributed by atoms with Gasteiger partial charge in [-0.25, -0.2) is 0 Å². The summed E-state index contributed by atoms with van der Waals surface area (Å²) in [5, 5.41) is 0. The molecule has 0 aliphatic rings. The van der Waals surface area contributed by atoms with Crippen LogP contribution in [0.5, 0.6) is 0 Å². The fraction of sp³-hybridized carbons (Fsp3) is 0.583. The Hall–Kier alpha value is -0.850. The van der Waals surface area contributed by atoms with E-state index in [1.54, 1.807) is 0 Å². The molecule has 0 heterocycles. The zero-order valence-electron chi connectivity index (χ0n) is 9.46. The molecule has 1 nitrogen and oxygen atoms in total. The fourth-order valence-electron chi connectivity index (χ4n) is 1.07. The Morgan fingerprint density at radius 3 is 2.38 bits per heavy atom. The predicted molar refractivity (Wildman–Crippen MR) is 61.4 cm³/mol. The van der Waals surface area contributed by atoms with Gasteiger partial charge in [-0.2, -0.15) is 0 Å². The van der Waals surface area contributed by atoms with Gasteiger partial charge in [0.1, 0.15) is 0 Å². The van der Waals surface area contributed by atoms with E-state index in [2.05, 4.69) is 44.8 Å². The highest BCUT2D eigenvalue weighted by Gasteiger charge is 1.95. The number of rotatable bonds is 4. The lowest BCUT2D eigenvalue weighted by molar-refractivity contribution is 0.802. The Bertz CT molecular complexity index is 221. The Kier molecular flexibility index (Phi) is 6.21. The second-order valence-corrected chi connectivity index (χ2v) is 3.48. The van der Waals surface area contributed by atoms with E-state index in [0.29, 0.717) is 5.92 Å². The van der Waals surface area contributed by atoms with E-state index < -0.39 is 0 Å². The van der Waals surface area contributed by atoms with E-state index in [1.807, 2.05) is 13.3 Å². The lowest BCUT2D eigenvalue weighted by Crippen LogP contribution is -1.94. The highest BCUT2D eigenvalue weighted by Crippen LogP contribution is 2.11. The highest BCUT2D eigenvalue weighted by atomic mass is 14.6. The molecule has 0 radical (unpaired) electrons. The van der Waals surface area contributed by atoms with E-state index in [0.717, 1.165) is 6.42 Å². The van der Waals surface area contributed by atoms with Gasteiger partial charge in [0.05, 0.1) is 0 Å². The van der Waals surface area contributed by atoms with Crippen LogP contribution in [-0.4, -0.2) is 13.3 Å². The Morgan fingerprint density at radius 2 is 1.92 bits per heavy atom. The SMILES string of the molecule is CC=C(C)C(C)=CCC(C)C=NC. The topological polar surface area (TPSA) is 12.4 Å². The minimum absolute atomic E-state index is 0.546. The lowest BCUT2D eigenvalue weighted by Gasteiger charge is -2.03. The maximum atomic E-state index is 4.01. The summed E-state index contributed by atoms with van der Waals surface area (Å²) in [5.74, 6) is 0.546. The molecule has 0 bridgehead atoms. The maximum absolute atomic E-state index is 4.01. The van der Waals surface area contributed by atoms with Crippen LogP contribution in [0, 0.1) is 5.92 Å². The third-order valence-electron chi connectivity index (χ3n) is 2.25. The van der Waals surface area contributed by atoms with Gasteiger partial charge in [0.25, 0.3) is 0 Å². The van der Waals surface area contributed by atoms with Crippen molar-refractivity contribution in [2.24, 2.45) is 10.9 Å². The zero-order chi connectivity index (χ0) is 10.3. The van der Waals surface area contributed by atoms with Crippen LogP contribution in [0.15, 0.2) is 28.3 Å². The molecule has 0 aliphatic heterocycles. The summed E-state index contributed by atoms with van der Waals surface area (Å²) in [5.41, 5.74) is 2.74. The summed E-state index contributed by atoms with van der Waals surface area (Å²) >= 11 is 0. The van der Waals surface area contributed by atoms with Crippen LogP contribution in [0.1, 0.15) is 34.1 Å². The molecule has 0 aromatic heterocycles. The summed E-state index contributed by atoms with van der Waals surface area (Å²) < 4.78 is 0. The van der Waals surface area contributed by atoms with Crippen LogP contribution in [-0.2, 0) is 0 Å². The molecule has 0 saturated heterocycles. The van der Waals surface area contributed by atoms with E-state index in [1.165, 1.54) is 11.1 Å². The van der Waals surface area contributed by atoms with Crippen LogP contribution < -0.4 is 0 Å². The van der Waals surface area contributed by atoms with Gasteiger partial charge in [0, 0.05) is 13.3 Å². The first-order valence-corrected chi connectivity index (χ1v) is 4.84. The van der Waals surface area contributed by atoms with E-state index >= 15 is 0 Å². The first-order valence-electron chi connectivity index (χ1n) is 4.84. The molecular formula is C12H21N. The van der Waals surface area contributed by atoms with Crippen molar-refractivity contribution in [1.82, 2.24) is 0 Å². The van der Waals surface area contributed by atoms with Crippen molar-refractivity contribution >= 4 is 6.21 Å². The van der Waals surface area contributed by atoms with Gasteiger partial charge in [-0.1, -0.05) is 30.2 Å². The molecular weight excluding hydrogens is 158 g/mol. The van der Waals surface area contributed by atoms with Crippen LogP contribution >= 0.6 is 0 Å². The summed E-state index contributed by atoms with van der Waals surface area (Å²) in [6.07, 6.45) is 7.50. The first-order chi connectivity index (χ1) is 6.11. The molecule has 0 fully saturated rings. The van der Waals surface area contributed by atoms with E-state index in [4.69, 9.17) is 0 Å². The smallest absolute Gasteiger partial charge is 0.0273 e. The quantitative estimate of drug-likeness (QED) is 0.461. The van der Waals surface area contributed by atoms with Crippen LogP contribution in [0.4, 0.5) is 0 Å². The van der Waals surface area contributed by atoms with Gasteiger partial charge in [0.2, 0.25) is 0 Å². The number of hydrogen-bond donors (Lipinski definition) is 0. The van der Waals surface area contributed by atoms with Gasteiger partial charge in [0.15, 0.2) is 0 Å². The second kappa shape index (κ2) is 6.64. The number of hydrogen-bond acceptors (Lipinski definition) is 1. The third kappa shape index (κ3) is 5.40. The summed E-state index contributed by atoms with van der Waals surface area (Å²) in [7, 11) is 1.82. The first kappa shape index (κ1) is 12.2. The molecule has 0 N–H and O–H groups in total. The van der Waals surface area contributed by atoms with E-state index in [9.17, 15) is 0 Å². The molecule has 0 aliphatic carbocycles. The van der Waals surface area contributed by atoms with Crippen molar-refractivity contribution in [1.29, 1.82) is 0 Å². The average Bonchev–Trinajstić information content (AvgIpc) is 2.13. The van der Waals surface area contributed by atoms with Crippen molar-refractivity contribution in [2.45, 2.75) is 34.1 Å². The van der Waals surface area contributed by atoms with Crippen LogP contribution in [0.25, 0.3) is 0 Å². The van der Waals surface area contributed by atoms with Gasteiger partial charge in [-0.15, -0.1) is 0 Å². The number of nitrogens with zero attached hydrogens (tertiary/aromatic N) is 1. The molecule has 13 heavy (non-hydrogen) atoms. The monoisotopic (exact) mass is 179 g/mol. The van der Waals surface area contributed by atoms with Gasteiger partial charge in [-0.05, 0) is 33.1 Å². The standard InChI is InChI=1S/C12H21N/c1-6-11(3)12(4)8-7-10(2)9-13-5/h6,8-10H,7H2,1-5H3. The van der Waals surface area contributed by atoms with Gasteiger partial charge >= 0.3 is 0 Å². The maximum Gasteiger partial charge on any atom is 0.0273 e. The number of allylic oxidation sites excluding steroid dienone is 4. The second-order valence-electron chi connectivity index (χ2n) is 3.48. The normalized spacial score (nSPS) is 16.7. The van der Waals surface area contributed by atoms with E-state index in [-0.39, 0.29) is 0 Å². The average molecular weight is 179 g/mol. The van der Waals surface area contributed by atoms with Crippen molar-refractivity contribution in [3.8, 4) is 0 Å².